The number of carbonyl (C=O) groups is 1. The van der Waals surface area contributed by atoms with Gasteiger partial charge in [-0.2, -0.15) is 0 Å². The number of rotatable bonds is 2. The molecule has 1 fully saturated rings. The first kappa shape index (κ1) is 10.5. The van der Waals surface area contributed by atoms with Crippen molar-refractivity contribution in [3.8, 4) is 0 Å². The first-order chi connectivity index (χ1) is 5.96. The maximum Gasteiger partial charge on any atom is 0.323 e. The molecule has 1 aliphatic heterocycles. The standard InChI is InChI=1S/C10H19NO2/c1-8-6-4-5-7-11(8)10(2,3)9(12)13/h8H,4-7H2,1-3H3,(H,12,13)/t8-/m0/s1. The zero-order chi connectivity index (χ0) is 10.1. The molecule has 3 nitrogen and oxygen atoms in total. The van der Waals surface area contributed by atoms with Gasteiger partial charge in [0.15, 0.2) is 0 Å². The summed E-state index contributed by atoms with van der Waals surface area (Å²) in [4.78, 5) is 13.1. The summed E-state index contributed by atoms with van der Waals surface area (Å²) in [6.07, 6.45) is 3.48. The molecule has 3 heteroatoms. The summed E-state index contributed by atoms with van der Waals surface area (Å²) in [7, 11) is 0. The Labute approximate surface area is 79.7 Å². The van der Waals surface area contributed by atoms with Gasteiger partial charge in [-0.1, -0.05) is 6.42 Å². The Morgan fingerprint density at radius 1 is 1.46 bits per heavy atom. The number of hydrogen-bond donors (Lipinski definition) is 1. The molecule has 0 radical (unpaired) electrons. The van der Waals surface area contributed by atoms with Crippen molar-refractivity contribution in [2.24, 2.45) is 0 Å². The Kier molecular flexibility index (Phi) is 2.96. The van der Waals surface area contributed by atoms with Gasteiger partial charge in [0.1, 0.15) is 5.54 Å². The van der Waals surface area contributed by atoms with Gasteiger partial charge in [0.05, 0.1) is 0 Å². The van der Waals surface area contributed by atoms with Gasteiger partial charge < -0.3 is 5.11 Å². The minimum Gasteiger partial charge on any atom is -0.480 e. The van der Waals surface area contributed by atoms with E-state index in [0.717, 1.165) is 19.4 Å². The Bertz CT molecular complexity index is 201. The molecule has 0 aromatic rings. The lowest BCUT2D eigenvalue weighted by Gasteiger charge is -2.42. The molecule has 0 unspecified atom stereocenters. The highest BCUT2D eigenvalue weighted by molar-refractivity contribution is 5.77. The molecule has 1 aliphatic rings. The molecule has 0 amide bonds. The van der Waals surface area contributed by atoms with E-state index in [1.54, 1.807) is 13.8 Å². The quantitative estimate of drug-likeness (QED) is 0.712. The number of piperidine rings is 1. The van der Waals surface area contributed by atoms with Gasteiger partial charge in [-0.05, 0) is 40.2 Å². The molecule has 1 saturated heterocycles. The number of carboxylic acid groups (broad SMARTS) is 1. The van der Waals surface area contributed by atoms with Gasteiger partial charge in [0.2, 0.25) is 0 Å². The molecule has 1 heterocycles. The molecule has 0 aromatic carbocycles. The molecule has 0 bridgehead atoms. The molecule has 76 valence electrons. The number of carboxylic acids is 1. The Hall–Kier alpha value is -0.570. The molecular weight excluding hydrogens is 166 g/mol. The predicted molar refractivity (Wildman–Crippen MR) is 51.7 cm³/mol. The minimum absolute atomic E-state index is 0.403. The van der Waals surface area contributed by atoms with Gasteiger partial charge in [-0.15, -0.1) is 0 Å². The van der Waals surface area contributed by atoms with Crippen molar-refractivity contribution in [3.63, 3.8) is 0 Å². The van der Waals surface area contributed by atoms with E-state index in [0.29, 0.717) is 6.04 Å². The van der Waals surface area contributed by atoms with Gasteiger partial charge in [0, 0.05) is 6.04 Å². The van der Waals surface area contributed by atoms with E-state index in [1.807, 2.05) is 0 Å². The maximum absolute atomic E-state index is 11.0. The lowest BCUT2D eigenvalue weighted by molar-refractivity contribution is -0.151. The summed E-state index contributed by atoms with van der Waals surface area (Å²) in [6.45, 7) is 6.61. The van der Waals surface area contributed by atoms with Crippen LogP contribution in [0.5, 0.6) is 0 Å². The van der Waals surface area contributed by atoms with Crippen molar-refractivity contribution in [2.75, 3.05) is 6.54 Å². The van der Waals surface area contributed by atoms with Crippen molar-refractivity contribution in [3.05, 3.63) is 0 Å². The van der Waals surface area contributed by atoms with Crippen LogP contribution in [0.4, 0.5) is 0 Å². The SMILES string of the molecule is C[C@H]1CCCCN1C(C)(C)C(=O)O. The van der Waals surface area contributed by atoms with Gasteiger partial charge in [-0.25, -0.2) is 0 Å². The van der Waals surface area contributed by atoms with Crippen molar-refractivity contribution >= 4 is 5.97 Å². The topological polar surface area (TPSA) is 40.5 Å². The normalized spacial score (nSPS) is 25.9. The van der Waals surface area contributed by atoms with E-state index in [2.05, 4.69) is 11.8 Å². The Morgan fingerprint density at radius 2 is 2.08 bits per heavy atom. The predicted octanol–water partition coefficient (Wildman–Crippen LogP) is 1.72. The zero-order valence-corrected chi connectivity index (χ0v) is 8.71. The van der Waals surface area contributed by atoms with Crippen molar-refractivity contribution in [1.29, 1.82) is 0 Å². The second-order valence-corrected chi connectivity index (χ2v) is 4.40. The summed E-state index contributed by atoms with van der Waals surface area (Å²) < 4.78 is 0. The molecule has 1 rings (SSSR count). The number of likely N-dealkylation sites (tertiary alicyclic amines) is 1. The van der Waals surface area contributed by atoms with E-state index >= 15 is 0 Å². The van der Waals surface area contributed by atoms with Gasteiger partial charge in [0.25, 0.3) is 0 Å². The minimum atomic E-state index is -0.721. The van der Waals surface area contributed by atoms with Crippen molar-refractivity contribution in [2.45, 2.75) is 51.6 Å². The Morgan fingerprint density at radius 3 is 2.54 bits per heavy atom. The van der Waals surface area contributed by atoms with Crippen LogP contribution in [-0.2, 0) is 4.79 Å². The average Bonchev–Trinajstić information content (AvgIpc) is 2.04. The number of hydrogen-bond acceptors (Lipinski definition) is 2. The lowest BCUT2D eigenvalue weighted by atomic mass is 9.94. The summed E-state index contributed by atoms with van der Waals surface area (Å²) >= 11 is 0. The smallest absolute Gasteiger partial charge is 0.323 e. The van der Waals surface area contributed by atoms with Crippen molar-refractivity contribution < 1.29 is 9.90 Å². The fourth-order valence-corrected chi connectivity index (χ4v) is 2.05. The maximum atomic E-state index is 11.0. The van der Waals surface area contributed by atoms with Crippen LogP contribution in [0.2, 0.25) is 0 Å². The van der Waals surface area contributed by atoms with E-state index < -0.39 is 11.5 Å². The third kappa shape index (κ3) is 2.02. The molecule has 0 saturated carbocycles. The van der Waals surface area contributed by atoms with Gasteiger partial charge >= 0.3 is 5.97 Å². The number of aliphatic carboxylic acids is 1. The molecular formula is C10H19NO2. The summed E-state index contributed by atoms with van der Waals surface area (Å²) in [5.41, 5.74) is -0.708. The van der Waals surface area contributed by atoms with Gasteiger partial charge in [-0.3, -0.25) is 9.69 Å². The molecule has 0 aliphatic carbocycles. The third-order valence-corrected chi connectivity index (χ3v) is 3.04. The first-order valence-corrected chi connectivity index (χ1v) is 4.96. The van der Waals surface area contributed by atoms with Crippen LogP contribution >= 0.6 is 0 Å². The fraction of sp³-hybridized carbons (Fsp3) is 0.900. The van der Waals surface area contributed by atoms with Crippen LogP contribution in [0.1, 0.15) is 40.0 Å². The highest BCUT2D eigenvalue weighted by atomic mass is 16.4. The largest absolute Gasteiger partial charge is 0.480 e. The van der Waals surface area contributed by atoms with Crippen LogP contribution < -0.4 is 0 Å². The monoisotopic (exact) mass is 185 g/mol. The third-order valence-electron chi connectivity index (χ3n) is 3.04. The van der Waals surface area contributed by atoms with E-state index in [9.17, 15) is 4.79 Å². The number of nitrogens with zero attached hydrogens (tertiary/aromatic N) is 1. The van der Waals surface area contributed by atoms with E-state index in [-0.39, 0.29) is 0 Å². The first-order valence-electron chi connectivity index (χ1n) is 4.96. The molecule has 0 aromatic heterocycles. The molecule has 13 heavy (non-hydrogen) atoms. The molecule has 1 N–H and O–H groups in total. The highest BCUT2D eigenvalue weighted by Gasteiger charge is 2.38. The molecule has 0 spiro atoms. The fourth-order valence-electron chi connectivity index (χ4n) is 2.05. The van der Waals surface area contributed by atoms with Crippen LogP contribution in [-0.4, -0.2) is 34.1 Å². The zero-order valence-electron chi connectivity index (χ0n) is 8.71. The van der Waals surface area contributed by atoms with Crippen molar-refractivity contribution in [1.82, 2.24) is 4.90 Å². The van der Waals surface area contributed by atoms with Crippen LogP contribution in [0.25, 0.3) is 0 Å². The Balaban J connectivity index is 2.73. The van der Waals surface area contributed by atoms with E-state index in [1.165, 1.54) is 6.42 Å². The summed E-state index contributed by atoms with van der Waals surface area (Å²) in [5, 5.41) is 9.07. The summed E-state index contributed by atoms with van der Waals surface area (Å²) in [6, 6.07) is 0.403. The van der Waals surface area contributed by atoms with E-state index in [4.69, 9.17) is 5.11 Å². The average molecular weight is 185 g/mol. The lowest BCUT2D eigenvalue weighted by Crippen LogP contribution is -2.55. The highest BCUT2D eigenvalue weighted by Crippen LogP contribution is 2.25. The second-order valence-electron chi connectivity index (χ2n) is 4.40. The molecule has 1 atom stereocenters. The van der Waals surface area contributed by atoms with Crippen LogP contribution in [0.15, 0.2) is 0 Å². The van der Waals surface area contributed by atoms with Crippen LogP contribution in [0, 0.1) is 0 Å². The van der Waals surface area contributed by atoms with Crippen LogP contribution in [0.3, 0.4) is 0 Å². The second kappa shape index (κ2) is 3.66. The summed E-state index contributed by atoms with van der Waals surface area (Å²) in [5.74, 6) is -0.721.